The lowest BCUT2D eigenvalue weighted by Gasteiger charge is -2.32. The highest BCUT2D eigenvalue weighted by Crippen LogP contribution is 2.55. The number of aromatic nitrogens is 4. The van der Waals surface area contributed by atoms with E-state index in [1.54, 1.807) is 23.1 Å². The van der Waals surface area contributed by atoms with Crippen molar-refractivity contribution in [1.82, 2.24) is 19.6 Å². The molecule has 2 bridgehead atoms. The molecular weight excluding hydrogens is 564 g/mol. The molecular formula is C27H24ClF2N5O4S. The molecule has 4 aromatic rings. The van der Waals surface area contributed by atoms with Gasteiger partial charge in [-0.05, 0) is 61.6 Å². The molecule has 0 saturated heterocycles. The van der Waals surface area contributed by atoms with E-state index >= 15 is 0 Å². The molecule has 9 nitrogen and oxygen atoms in total. The van der Waals surface area contributed by atoms with E-state index in [1.165, 1.54) is 42.7 Å². The number of carbonyl (C=O) groups is 1. The highest BCUT2D eigenvalue weighted by Gasteiger charge is 2.61. The minimum absolute atomic E-state index is 0.0366. The van der Waals surface area contributed by atoms with Crippen LogP contribution in [-0.2, 0) is 16.4 Å². The lowest BCUT2D eigenvalue weighted by Crippen LogP contribution is -2.42. The number of nitrogens with zero attached hydrogens (tertiary/aromatic N) is 4. The third kappa shape index (κ3) is 4.49. The maximum Gasteiger partial charge on any atom is 0.255 e. The van der Waals surface area contributed by atoms with Gasteiger partial charge in [0.25, 0.3) is 5.91 Å². The summed E-state index contributed by atoms with van der Waals surface area (Å²) < 4.78 is 59.3. The molecule has 1 amide bonds. The predicted octanol–water partition coefficient (Wildman–Crippen LogP) is 4.26. The van der Waals surface area contributed by atoms with E-state index in [4.69, 9.17) is 11.6 Å². The number of sulfone groups is 1. The average Bonchev–Trinajstić information content (AvgIpc) is 3.71. The van der Waals surface area contributed by atoms with Gasteiger partial charge in [-0.1, -0.05) is 11.6 Å². The maximum absolute atomic E-state index is 14.4. The van der Waals surface area contributed by atoms with Crippen LogP contribution < -0.4 is 5.32 Å². The van der Waals surface area contributed by atoms with Crippen molar-refractivity contribution in [2.24, 2.45) is 11.8 Å². The fourth-order valence-electron chi connectivity index (χ4n) is 6.21. The normalized spacial score (nSPS) is 23.9. The van der Waals surface area contributed by atoms with Crippen LogP contribution in [0.5, 0.6) is 0 Å². The number of halogens is 3. The summed E-state index contributed by atoms with van der Waals surface area (Å²) in [4.78, 5) is 12.9. The molecule has 2 heterocycles. The van der Waals surface area contributed by atoms with Crippen LogP contribution >= 0.6 is 11.6 Å². The van der Waals surface area contributed by atoms with Gasteiger partial charge in [-0.25, -0.2) is 21.9 Å². The number of hydrogen-bond donors (Lipinski definition) is 2. The number of anilines is 1. The van der Waals surface area contributed by atoms with Gasteiger partial charge in [0, 0.05) is 48.0 Å². The first kappa shape index (κ1) is 26.6. The minimum Gasteiger partial charge on any atom is -0.388 e. The maximum atomic E-state index is 14.4. The highest BCUT2D eigenvalue weighted by molar-refractivity contribution is 7.92. The van der Waals surface area contributed by atoms with Crippen LogP contribution in [0.2, 0.25) is 5.02 Å². The average molecular weight is 588 g/mol. The van der Waals surface area contributed by atoms with Crippen molar-refractivity contribution in [3.63, 3.8) is 0 Å². The van der Waals surface area contributed by atoms with Crippen molar-refractivity contribution < 1.29 is 27.1 Å². The molecule has 208 valence electrons. The third-order valence-corrected chi connectivity index (χ3v) is 10.7. The number of hydrogen-bond acceptors (Lipinski definition) is 6. The van der Waals surface area contributed by atoms with Crippen molar-refractivity contribution in [1.29, 1.82) is 0 Å². The summed E-state index contributed by atoms with van der Waals surface area (Å²) in [6.45, 7) is 0.179. The molecule has 6 rings (SSSR count). The molecule has 2 N–H and O–H groups in total. The molecule has 0 radical (unpaired) electrons. The monoisotopic (exact) mass is 587 g/mol. The van der Waals surface area contributed by atoms with Gasteiger partial charge in [0.2, 0.25) is 0 Å². The summed E-state index contributed by atoms with van der Waals surface area (Å²) in [6, 6.07) is 9.16. The first-order valence-electron chi connectivity index (χ1n) is 12.6. The standard InChI is InChI=1S/C27H24ClF2N5O4S/c28-20-6-4-16(26(36)33-18-12-21(29)24(30)22(13-18)35-10-2-8-32-35)11-23(20)40(38,39)25-17-3-5-19(25)27(37,14-17)15-34-9-1-7-31-34/h1-2,4,6-13,17,19,25,37H,3,5,14-15H2,(H,33,36)/t17?,19?,25-,27+/m1/s1. The zero-order valence-corrected chi connectivity index (χ0v) is 22.5. The Hall–Kier alpha value is -3.61. The molecule has 2 aromatic carbocycles. The third-order valence-electron chi connectivity index (χ3n) is 7.89. The Morgan fingerprint density at radius 3 is 2.62 bits per heavy atom. The molecule has 2 aliphatic carbocycles. The van der Waals surface area contributed by atoms with Crippen molar-refractivity contribution in [3.8, 4) is 5.69 Å². The molecule has 40 heavy (non-hydrogen) atoms. The molecule has 2 saturated carbocycles. The minimum atomic E-state index is -4.06. The van der Waals surface area contributed by atoms with Gasteiger partial charge in [-0.15, -0.1) is 0 Å². The van der Waals surface area contributed by atoms with Crippen LogP contribution in [0.1, 0.15) is 29.6 Å². The Kier molecular flexibility index (Phi) is 6.51. The number of rotatable bonds is 7. The Morgan fingerprint density at radius 1 is 1.12 bits per heavy atom. The Labute approximate surface area is 233 Å². The largest absolute Gasteiger partial charge is 0.388 e. The lowest BCUT2D eigenvalue weighted by atomic mass is 9.84. The van der Waals surface area contributed by atoms with Crippen LogP contribution in [0, 0.1) is 23.5 Å². The van der Waals surface area contributed by atoms with E-state index in [0.717, 1.165) is 10.7 Å². The van der Waals surface area contributed by atoms with Crippen LogP contribution in [0.15, 0.2) is 72.1 Å². The Bertz CT molecular complexity index is 1700. The highest BCUT2D eigenvalue weighted by atomic mass is 35.5. The van der Waals surface area contributed by atoms with E-state index in [-0.39, 0.29) is 39.3 Å². The number of aliphatic hydroxyl groups is 1. The molecule has 2 fully saturated rings. The quantitative estimate of drug-likeness (QED) is 0.334. The van der Waals surface area contributed by atoms with Gasteiger partial charge in [0.15, 0.2) is 21.5 Å². The van der Waals surface area contributed by atoms with Crippen LogP contribution in [-0.4, -0.2) is 49.8 Å². The van der Waals surface area contributed by atoms with Gasteiger partial charge < -0.3 is 10.4 Å². The predicted molar refractivity (Wildman–Crippen MR) is 142 cm³/mol. The molecule has 0 aliphatic heterocycles. The van der Waals surface area contributed by atoms with E-state index in [1.807, 2.05) is 0 Å². The van der Waals surface area contributed by atoms with Crippen LogP contribution in [0.4, 0.5) is 14.5 Å². The Balaban J connectivity index is 1.28. The van der Waals surface area contributed by atoms with Crippen molar-refractivity contribution >= 4 is 33.0 Å². The molecule has 13 heteroatoms. The van der Waals surface area contributed by atoms with Crippen LogP contribution in [0.3, 0.4) is 0 Å². The second-order valence-electron chi connectivity index (χ2n) is 10.3. The van der Waals surface area contributed by atoms with E-state index in [0.29, 0.717) is 19.3 Å². The van der Waals surface area contributed by atoms with Crippen LogP contribution in [0.25, 0.3) is 5.69 Å². The number of amides is 1. The zero-order chi connectivity index (χ0) is 28.2. The van der Waals surface area contributed by atoms with Gasteiger partial charge >= 0.3 is 0 Å². The summed E-state index contributed by atoms with van der Waals surface area (Å²) in [5, 5.41) is 21.1. The SMILES string of the molecule is O=C(Nc1cc(F)c(F)c(-n2cccn2)c1)c1ccc(Cl)c(S(=O)(=O)[C@@H]2C3CCC2[C@@](O)(Cn2cccn2)C3)c1. The van der Waals surface area contributed by atoms with Crippen molar-refractivity contribution in [2.45, 2.75) is 41.6 Å². The summed E-state index contributed by atoms with van der Waals surface area (Å²) in [5.41, 5.74) is -1.54. The smallest absolute Gasteiger partial charge is 0.255 e. The van der Waals surface area contributed by atoms with E-state index < -0.39 is 44.1 Å². The first-order chi connectivity index (χ1) is 19.1. The Morgan fingerprint density at radius 2 is 1.90 bits per heavy atom. The van der Waals surface area contributed by atoms with Gasteiger partial charge in [-0.3, -0.25) is 9.48 Å². The summed E-state index contributed by atoms with van der Waals surface area (Å²) in [5.74, 6) is -3.87. The summed E-state index contributed by atoms with van der Waals surface area (Å²) >= 11 is 6.35. The second kappa shape index (κ2) is 9.79. The van der Waals surface area contributed by atoms with Gasteiger partial charge in [0.05, 0.1) is 27.3 Å². The topological polar surface area (TPSA) is 119 Å². The molecule has 4 atom stereocenters. The molecule has 2 aliphatic rings. The van der Waals surface area contributed by atoms with Crippen molar-refractivity contribution in [2.75, 3.05) is 5.32 Å². The summed E-state index contributed by atoms with van der Waals surface area (Å²) in [7, 11) is -4.06. The van der Waals surface area contributed by atoms with E-state index in [2.05, 4.69) is 15.5 Å². The molecule has 2 aromatic heterocycles. The second-order valence-corrected chi connectivity index (χ2v) is 12.8. The van der Waals surface area contributed by atoms with Crippen molar-refractivity contribution in [3.05, 3.63) is 89.5 Å². The number of benzene rings is 2. The first-order valence-corrected chi connectivity index (χ1v) is 14.5. The zero-order valence-electron chi connectivity index (χ0n) is 20.9. The number of carbonyl (C=O) groups excluding carboxylic acids is 1. The summed E-state index contributed by atoms with van der Waals surface area (Å²) in [6.07, 6.45) is 7.64. The lowest BCUT2D eigenvalue weighted by molar-refractivity contribution is -0.0303. The van der Waals surface area contributed by atoms with E-state index in [9.17, 15) is 27.1 Å². The fraction of sp³-hybridized carbons (Fsp3) is 0.296. The number of nitrogens with one attached hydrogen (secondary N) is 1. The molecule has 2 unspecified atom stereocenters. The molecule has 0 spiro atoms. The fourth-order valence-corrected chi connectivity index (χ4v) is 9.14. The van der Waals surface area contributed by atoms with Gasteiger partial charge in [-0.2, -0.15) is 10.2 Å². The van der Waals surface area contributed by atoms with Gasteiger partial charge in [0.1, 0.15) is 5.69 Å². The number of fused-ring (bicyclic) bond motifs is 2.